The van der Waals surface area contributed by atoms with Crippen LogP contribution in [-0.4, -0.2) is 32.9 Å². The van der Waals surface area contributed by atoms with E-state index in [9.17, 15) is 20.0 Å². The first-order valence-electron chi connectivity index (χ1n) is 6.59. The van der Waals surface area contributed by atoms with Crippen LogP contribution in [0.4, 0.5) is 5.69 Å². The Morgan fingerprint density at radius 1 is 1.50 bits per heavy atom. The van der Waals surface area contributed by atoms with E-state index in [0.29, 0.717) is 0 Å². The highest BCUT2D eigenvalue weighted by Gasteiger charge is 2.23. The third kappa shape index (κ3) is 3.22. The zero-order valence-electron chi connectivity index (χ0n) is 12.1. The van der Waals surface area contributed by atoms with Crippen LogP contribution in [0.2, 0.25) is 0 Å². The maximum atomic E-state index is 12.3. The van der Waals surface area contributed by atoms with E-state index in [1.54, 1.807) is 13.2 Å². The third-order valence-electron chi connectivity index (χ3n) is 3.11. The van der Waals surface area contributed by atoms with Crippen molar-refractivity contribution in [3.63, 3.8) is 0 Å². The molecule has 0 radical (unpaired) electrons. The Balaban J connectivity index is 2.20. The Bertz CT molecular complexity index is 714. The fraction of sp³-hybridized carbons (Fsp3) is 0.286. The van der Waals surface area contributed by atoms with Crippen LogP contribution in [-0.2, 0) is 13.0 Å². The molecular formula is C14H15N3O4S. The van der Waals surface area contributed by atoms with Gasteiger partial charge in [0.2, 0.25) is 5.75 Å². The number of para-hydroxylation sites is 1. The van der Waals surface area contributed by atoms with E-state index in [1.807, 2.05) is 6.92 Å². The first-order valence-corrected chi connectivity index (χ1v) is 7.41. The molecule has 0 fully saturated rings. The van der Waals surface area contributed by atoms with Gasteiger partial charge in [-0.2, -0.15) is 0 Å². The van der Waals surface area contributed by atoms with Crippen LogP contribution in [0.25, 0.3) is 0 Å². The molecule has 0 atom stereocenters. The van der Waals surface area contributed by atoms with Crippen molar-refractivity contribution in [2.24, 2.45) is 0 Å². The quantitative estimate of drug-likeness (QED) is 0.674. The largest absolute Gasteiger partial charge is 0.502 e. The first-order chi connectivity index (χ1) is 10.4. The van der Waals surface area contributed by atoms with E-state index >= 15 is 0 Å². The number of hydrogen-bond acceptors (Lipinski definition) is 6. The molecule has 0 bridgehead atoms. The number of phenols is 1. The topological polar surface area (TPSA) is 96.6 Å². The normalized spacial score (nSPS) is 10.5. The molecule has 0 saturated carbocycles. The molecule has 1 aromatic carbocycles. The van der Waals surface area contributed by atoms with E-state index in [4.69, 9.17) is 0 Å². The van der Waals surface area contributed by atoms with Crippen LogP contribution >= 0.6 is 11.3 Å². The zero-order valence-corrected chi connectivity index (χ0v) is 13.0. The number of rotatable bonds is 5. The van der Waals surface area contributed by atoms with Crippen molar-refractivity contribution in [3.05, 3.63) is 50.0 Å². The average Bonchev–Trinajstić information content (AvgIpc) is 2.94. The second-order valence-electron chi connectivity index (χ2n) is 4.67. The van der Waals surface area contributed by atoms with E-state index < -0.39 is 22.3 Å². The Morgan fingerprint density at radius 2 is 2.23 bits per heavy atom. The lowest BCUT2D eigenvalue weighted by atomic mass is 10.1. The van der Waals surface area contributed by atoms with Gasteiger partial charge in [-0.15, -0.1) is 11.3 Å². The van der Waals surface area contributed by atoms with E-state index in [0.717, 1.165) is 22.4 Å². The molecule has 0 aliphatic heterocycles. The summed E-state index contributed by atoms with van der Waals surface area (Å²) < 4.78 is 0. The van der Waals surface area contributed by atoms with Gasteiger partial charge in [-0.1, -0.05) is 13.0 Å². The van der Waals surface area contributed by atoms with Crippen LogP contribution < -0.4 is 0 Å². The number of benzene rings is 1. The van der Waals surface area contributed by atoms with E-state index in [2.05, 4.69) is 4.98 Å². The molecule has 1 aromatic heterocycles. The van der Waals surface area contributed by atoms with Crippen molar-refractivity contribution in [1.82, 2.24) is 9.88 Å². The highest BCUT2D eigenvalue weighted by molar-refractivity contribution is 7.11. The molecule has 22 heavy (non-hydrogen) atoms. The summed E-state index contributed by atoms with van der Waals surface area (Å²) in [7, 11) is 1.56. The summed E-state index contributed by atoms with van der Waals surface area (Å²) in [5, 5.41) is 21.5. The summed E-state index contributed by atoms with van der Waals surface area (Å²) >= 11 is 1.51. The molecule has 1 N–H and O–H groups in total. The monoisotopic (exact) mass is 321 g/mol. The highest BCUT2D eigenvalue weighted by Crippen LogP contribution is 2.30. The Labute approximate surface area is 131 Å². The van der Waals surface area contributed by atoms with Gasteiger partial charge in [0.15, 0.2) is 0 Å². The minimum atomic E-state index is -0.722. The molecule has 0 spiro atoms. The summed E-state index contributed by atoms with van der Waals surface area (Å²) in [6.07, 6.45) is 2.64. The minimum Gasteiger partial charge on any atom is -0.502 e. The van der Waals surface area contributed by atoms with Crippen molar-refractivity contribution in [3.8, 4) is 5.75 Å². The van der Waals surface area contributed by atoms with Gasteiger partial charge >= 0.3 is 5.69 Å². The molecule has 2 rings (SSSR count). The highest BCUT2D eigenvalue weighted by atomic mass is 32.1. The number of nitro groups is 1. The molecule has 1 amide bonds. The number of hydrogen-bond donors (Lipinski definition) is 1. The Morgan fingerprint density at radius 3 is 2.82 bits per heavy atom. The predicted molar refractivity (Wildman–Crippen MR) is 82.1 cm³/mol. The van der Waals surface area contributed by atoms with Gasteiger partial charge in [0, 0.05) is 24.2 Å². The number of nitro benzene ring substituents is 1. The van der Waals surface area contributed by atoms with Crippen LogP contribution in [0.3, 0.4) is 0 Å². The number of amides is 1. The van der Waals surface area contributed by atoms with Crippen molar-refractivity contribution in [2.45, 2.75) is 19.9 Å². The molecule has 0 aliphatic rings. The van der Waals surface area contributed by atoms with Crippen molar-refractivity contribution < 1.29 is 14.8 Å². The lowest BCUT2D eigenvalue weighted by molar-refractivity contribution is -0.385. The fourth-order valence-corrected chi connectivity index (χ4v) is 2.83. The van der Waals surface area contributed by atoms with E-state index in [1.165, 1.54) is 28.4 Å². The fourth-order valence-electron chi connectivity index (χ4n) is 1.92. The SMILES string of the molecule is CCc1cnc(CN(C)C(=O)c2cccc([N+](=O)[O-])c2O)s1. The summed E-state index contributed by atoms with van der Waals surface area (Å²) in [4.78, 5) is 29.1. The molecule has 116 valence electrons. The zero-order chi connectivity index (χ0) is 16.3. The third-order valence-corrected chi connectivity index (χ3v) is 4.24. The Hall–Kier alpha value is -2.48. The van der Waals surface area contributed by atoms with E-state index in [-0.39, 0.29) is 12.1 Å². The van der Waals surface area contributed by atoms with Gasteiger partial charge in [-0.3, -0.25) is 14.9 Å². The summed E-state index contributed by atoms with van der Waals surface area (Å²) in [6, 6.07) is 3.89. The smallest absolute Gasteiger partial charge is 0.311 e. The van der Waals surface area contributed by atoms with Gasteiger partial charge in [-0.05, 0) is 12.5 Å². The number of carbonyl (C=O) groups excluding carboxylic acids is 1. The molecule has 0 saturated heterocycles. The van der Waals surface area contributed by atoms with Crippen molar-refractivity contribution >= 4 is 22.9 Å². The lowest BCUT2D eigenvalue weighted by Gasteiger charge is -2.16. The van der Waals surface area contributed by atoms with Gasteiger partial charge in [0.05, 0.1) is 17.0 Å². The lowest BCUT2D eigenvalue weighted by Crippen LogP contribution is -2.26. The number of aromatic nitrogens is 1. The Kier molecular flexibility index (Phi) is 4.71. The number of aromatic hydroxyl groups is 1. The standard InChI is InChI=1S/C14H15N3O4S/c1-3-9-7-15-12(22-9)8-16(2)14(19)10-5-4-6-11(13(10)18)17(20)21/h4-7,18H,3,8H2,1-2H3. The molecule has 0 aliphatic carbocycles. The number of aryl methyl sites for hydroxylation is 1. The molecular weight excluding hydrogens is 306 g/mol. The van der Waals surface area contributed by atoms with Gasteiger partial charge in [0.25, 0.3) is 5.91 Å². The number of thiazole rings is 1. The molecule has 7 nitrogen and oxygen atoms in total. The second kappa shape index (κ2) is 6.52. The van der Waals surface area contributed by atoms with Crippen LogP contribution in [0, 0.1) is 10.1 Å². The van der Waals surface area contributed by atoms with Crippen LogP contribution in [0.15, 0.2) is 24.4 Å². The number of phenolic OH excluding ortho intramolecular Hbond substituents is 1. The second-order valence-corrected chi connectivity index (χ2v) is 5.87. The number of carbonyl (C=O) groups is 1. The molecule has 1 heterocycles. The predicted octanol–water partition coefficient (Wildman–Crippen LogP) is 2.59. The van der Waals surface area contributed by atoms with Gasteiger partial charge < -0.3 is 10.0 Å². The van der Waals surface area contributed by atoms with Crippen LogP contribution in [0.1, 0.15) is 27.2 Å². The van der Waals surface area contributed by atoms with Crippen LogP contribution in [0.5, 0.6) is 5.75 Å². The van der Waals surface area contributed by atoms with Crippen molar-refractivity contribution in [1.29, 1.82) is 0 Å². The minimum absolute atomic E-state index is 0.0935. The maximum absolute atomic E-state index is 12.3. The summed E-state index contributed by atoms with van der Waals surface area (Å²) in [5.74, 6) is -1.10. The number of nitrogens with zero attached hydrogens (tertiary/aromatic N) is 3. The maximum Gasteiger partial charge on any atom is 0.311 e. The molecule has 8 heteroatoms. The average molecular weight is 321 g/mol. The van der Waals surface area contributed by atoms with Crippen molar-refractivity contribution in [2.75, 3.05) is 7.05 Å². The summed E-state index contributed by atoms with van der Waals surface area (Å²) in [5.41, 5.74) is -0.578. The summed E-state index contributed by atoms with van der Waals surface area (Å²) in [6.45, 7) is 2.30. The van der Waals surface area contributed by atoms with Gasteiger partial charge in [0.1, 0.15) is 5.01 Å². The molecule has 2 aromatic rings. The van der Waals surface area contributed by atoms with Gasteiger partial charge in [-0.25, -0.2) is 4.98 Å². The molecule has 0 unspecified atom stereocenters. The first kappa shape index (κ1) is 15.9.